The summed E-state index contributed by atoms with van der Waals surface area (Å²) >= 11 is 2.50. The van der Waals surface area contributed by atoms with Crippen LogP contribution >= 0.6 is 23.1 Å². The summed E-state index contributed by atoms with van der Waals surface area (Å²) in [5, 5.41) is 11.0. The third-order valence-electron chi connectivity index (χ3n) is 5.05. The third kappa shape index (κ3) is 4.40. The maximum Gasteiger partial charge on any atom is 0.270 e. The molecule has 0 spiro atoms. The summed E-state index contributed by atoms with van der Waals surface area (Å²) < 4.78 is 2.57. The smallest absolute Gasteiger partial charge is 0.270 e. The molecule has 2 aromatic carbocycles. The number of aryl methyl sites for hydroxylation is 1. The first-order chi connectivity index (χ1) is 15.0. The lowest BCUT2D eigenvalue weighted by molar-refractivity contribution is -0.384. The Labute approximate surface area is 186 Å². The zero-order valence-corrected chi connectivity index (χ0v) is 18.4. The summed E-state index contributed by atoms with van der Waals surface area (Å²) in [7, 11) is 0. The molecule has 2 heterocycles. The monoisotopic (exact) mass is 456 g/mol. The highest BCUT2D eigenvalue weighted by atomic mass is 32.2. The Morgan fingerprint density at radius 1 is 1.23 bits per heavy atom. The molecular formula is C21H20N4O4S2. The van der Waals surface area contributed by atoms with E-state index in [1.54, 1.807) is 11.0 Å². The maximum absolute atomic E-state index is 12.6. The minimum atomic E-state index is -0.441. The topological polar surface area (TPSA) is 97.8 Å². The Balaban J connectivity index is 1.43. The standard InChI is InChI=1S/C21H20N4O4S2/c1-2-23-17-8-7-15(25(28)29)11-18(17)31-21(23)22-19(26)12-30-13-20(27)24-10-9-14-5-3-4-6-16(14)24/h3-8,11H,2,9-10,12-13H2,1H3. The maximum atomic E-state index is 12.6. The van der Waals surface area contributed by atoms with Gasteiger partial charge in [0.15, 0.2) is 4.80 Å². The number of benzene rings is 2. The molecule has 8 nitrogen and oxygen atoms in total. The average Bonchev–Trinajstić information content (AvgIpc) is 3.33. The number of hydrogen-bond acceptors (Lipinski definition) is 6. The van der Waals surface area contributed by atoms with Crippen molar-refractivity contribution in [3.8, 4) is 0 Å². The number of thiazole rings is 1. The van der Waals surface area contributed by atoms with E-state index in [0.717, 1.165) is 17.6 Å². The molecule has 1 aliphatic rings. The normalized spacial score (nSPS) is 13.6. The van der Waals surface area contributed by atoms with Crippen LogP contribution in [0.1, 0.15) is 12.5 Å². The SMILES string of the molecule is CCn1c(=NC(=O)CSCC(=O)N2CCc3ccccc32)sc2cc([N+](=O)[O-])ccc21. The molecule has 1 aromatic heterocycles. The minimum absolute atomic E-state index is 0.00688. The van der Waals surface area contributed by atoms with Crippen LogP contribution in [0.3, 0.4) is 0 Å². The van der Waals surface area contributed by atoms with Gasteiger partial charge in [-0.3, -0.25) is 19.7 Å². The van der Waals surface area contributed by atoms with Crippen LogP contribution in [0.25, 0.3) is 10.2 Å². The summed E-state index contributed by atoms with van der Waals surface area (Å²) in [6, 6.07) is 12.5. The van der Waals surface area contributed by atoms with Crippen LogP contribution in [0.4, 0.5) is 11.4 Å². The van der Waals surface area contributed by atoms with Crippen molar-refractivity contribution in [3.05, 3.63) is 62.9 Å². The van der Waals surface area contributed by atoms with Crippen molar-refractivity contribution >= 4 is 56.5 Å². The van der Waals surface area contributed by atoms with E-state index in [1.807, 2.05) is 35.8 Å². The molecule has 10 heteroatoms. The van der Waals surface area contributed by atoms with Gasteiger partial charge in [0, 0.05) is 30.9 Å². The van der Waals surface area contributed by atoms with Crippen molar-refractivity contribution in [2.24, 2.45) is 4.99 Å². The number of amides is 2. The van der Waals surface area contributed by atoms with Crippen LogP contribution in [0.2, 0.25) is 0 Å². The van der Waals surface area contributed by atoms with Crippen molar-refractivity contribution in [1.29, 1.82) is 0 Å². The van der Waals surface area contributed by atoms with Crippen molar-refractivity contribution in [2.75, 3.05) is 23.0 Å². The van der Waals surface area contributed by atoms with E-state index in [9.17, 15) is 19.7 Å². The molecule has 1 aliphatic heterocycles. The molecule has 31 heavy (non-hydrogen) atoms. The van der Waals surface area contributed by atoms with Crippen LogP contribution < -0.4 is 9.70 Å². The number of para-hydroxylation sites is 1. The Kier molecular flexibility index (Phi) is 6.19. The number of carbonyl (C=O) groups excluding carboxylic acids is 2. The Morgan fingerprint density at radius 2 is 2.03 bits per heavy atom. The Morgan fingerprint density at radius 3 is 2.81 bits per heavy atom. The number of fused-ring (bicyclic) bond motifs is 2. The molecule has 0 N–H and O–H groups in total. The summed E-state index contributed by atoms with van der Waals surface area (Å²) in [5.74, 6) is -0.0372. The number of nitrogens with zero attached hydrogens (tertiary/aromatic N) is 4. The number of nitro benzene ring substituents is 1. The molecule has 0 fully saturated rings. The minimum Gasteiger partial charge on any atom is -0.317 e. The van der Waals surface area contributed by atoms with Crippen LogP contribution in [0.15, 0.2) is 47.5 Å². The van der Waals surface area contributed by atoms with Gasteiger partial charge in [-0.15, -0.1) is 11.8 Å². The van der Waals surface area contributed by atoms with Crippen molar-refractivity contribution < 1.29 is 14.5 Å². The summed E-state index contributed by atoms with van der Waals surface area (Å²) in [6.45, 7) is 3.18. The molecule has 0 radical (unpaired) electrons. The number of thioether (sulfide) groups is 1. The second-order valence-electron chi connectivity index (χ2n) is 6.96. The van der Waals surface area contributed by atoms with Crippen LogP contribution in [-0.4, -0.2) is 39.4 Å². The number of non-ortho nitro benzene ring substituents is 1. The van der Waals surface area contributed by atoms with E-state index in [-0.39, 0.29) is 29.0 Å². The molecule has 0 aliphatic carbocycles. The predicted molar refractivity (Wildman–Crippen MR) is 123 cm³/mol. The first kappa shape index (κ1) is 21.3. The van der Waals surface area contributed by atoms with E-state index < -0.39 is 4.92 Å². The highest BCUT2D eigenvalue weighted by molar-refractivity contribution is 8.00. The zero-order chi connectivity index (χ0) is 22.0. The van der Waals surface area contributed by atoms with E-state index >= 15 is 0 Å². The van der Waals surface area contributed by atoms with E-state index in [4.69, 9.17) is 0 Å². The van der Waals surface area contributed by atoms with E-state index in [0.29, 0.717) is 22.6 Å². The van der Waals surface area contributed by atoms with Gasteiger partial charge in [0.05, 0.1) is 26.6 Å². The molecule has 2 amide bonds. The number of nitro groups is 1. The summed E-state index contributed by atoms with van der Waals surface area (Å²) in [5.41, 5.74) is 2.93. The number of hydrogen-bond donors (Lipinski definition) is 0. The predicted octanol–water partition coefficient (Wildman–Crippen LogP) is 3.38. The first-order valence-corrected chi connectivity index (χ1v) is 11.8. The first-order valence-electron chi connectivity index (χ1n) is 9.79. The highest BCUT2D eigenvalue weighted by Gasteiger charge is 2.24. The van der Waals surface area contributed by atoms with Crippen molar-refractivity contribution in [3.63, 3.8) is 0 Å². The fourth-order valence-electron chi connectivity index (χ4n) is 3.61. The van der Waals surface area contributed by atoms with Gasteiger partial charge < -0.3 is 9.47 Å². The van der Waals surface area contributed by atoms with Gasteiger partial charge in [0.2, 0.25) is 5.91 Å². The summed E-state index contributed by atoms with van der Waals surface area (Å²) in [6.07, 6.45) is 0.849. The van der Waals surface area contributed by atoms with Crippen molar-refractivity contribution in [1.82, 2.24) is 4.57 Å². The molecular weight excluding hydrogens is 436 g/mol. The second kappa shape index (κ2) is 9.03. The second-order valence-corrected chi connectivity index (χ2v) is 8.96. The van der Waals surface area contributed by atoms with Crippen LogP contribution in [0, 0.1) is 10.1 Å². The molecule has 0 unspecified atom stereocenters. The molecule has 3 aromatic rings. The van der Waals surface area contributed by atoms with Gasteiger partial charge in [-0.1, -0.05) is 29.5 Å². The van der Waals surface area contributed by atoms with Crippen LogP contribution in [0.5, 0.6) is 0 Å². The van der Waals surface area contributed by atoms with E-state index in [1.165, 1.54) is 40.8 Å². The molecule has 4 rings (SSSR count). The molecule has 0 atom stereocenters. The Bertz CT molecular complexity index is 1250. The number of anilines is 1. The van der Waals surface area contributed by atoms with Gasteiger partial charge in [-0.2, -0.15) is 4.99 Å². The lowest BCUT2D eigenvalue weighted by Gasteiger charge is -2.16. The zero-order valence-electron chi connectivity index (χ0n) is 16.8. The van der Waals surface area contributed by atoms with Gasteiger partial charge in [-0.25, -0.2) is 0 Å². The van der Waals surface area contributed by atoms with Gasteiger partial charge >= 0.3 is 0 Å². The fourth-order valence-corrected chi connectivity index (χ4v) is 5.42. The molecule has 0 saturated heterocycles. The molecule has 0 saturated carbocycles. The lowest BCUT2D eigenvalue weighted by Crippen LogP contribution is -2.30. The van der Waals surface area contributed by atoms with E-state index in [2.05, 4.69) is 4.99 Å². The highest BCUT2D eigenvalue weighted by Crippen LogP contribution is 2.28. The van der Waals surface area contributed by atoms with Crippen molar-refractivity contribution in [2.45, 2.75) is 19.9 Å². The number of carbonyl (C=O) groups is 2. The fraction of sp³-hybridized carbons (Fsp3) is 0.286. The largest absolute Gasteiger partial charge is 0.317 e. The van der Waals surface area contributed by atoms with Gasteiger partial charge in [-0.05, 0) is 31.0 Å². The van der Waals surface area contributed by atoms with Gasteiger partial charge in [0.25, 0.3) is 11.6 Å². The summed E-state index contributed by atoms with van der Waals surface area (Å²) in [4.78, 5) is 42.0. The third-order valence-corrected chi connectivity index (χ3v) is 7.00. The quantitative estimate of drug-likeness (QED) is 0.418. The Hall–Kier alpha value is -2.98. The number of aromatic nitrogens is 1. The number of rotatable bonds is 6. The average molecular weight is 457 g/mol. The van der Waals surface area contributed by atoms with Crippen LogP contribution in [-0.2, 0) is 22.6 Å². The molecule has 160 valence electrons. The van der Waals surface area contributed by atoms with Gasteiger partial charge in [0.1, 0.15) is 0 Å². The molecule has 0 bridgehead atoms. The lowest BCUT2D eigenvalue weighted by atomic mass is 10.2.